The highest BCUT2D eigenvalue weighted by molar-refractivity contribution is 6.08. The number of fused-ring (bicyclic) bond motifs is 2. The minimum absolute atomic E-state index is 0.662. The Bertz CT molecular complexity index is 979. The fraction of sp³-hybridized carbons (Fsp3) is 0.167. The largest absolute Gasteiger partial charge is 0.493 e. The molecule has 0 saturated carbocycles. The van der Waals surface area contributed by atoms with Crippen LogP contribution in [0.5, 0.6) is 11.5 Å². The second kappa shape index (κ2) is 7.09. The van der Waals surface area contributed by atoms with Gasteiger partial charge in [-0.3, -0.25) is 0 Å². The maximum Gasteiger partial charge on any atom is 0.127 e. The molecule has 0 spiro atoms. The van der Waals surface area contributed by atoms with Gasteiger partial charge < -0.3 is 9.47 Å². The summed E-state index contributed by atoms with van der Waals surface area (Å²) in [4.78, 5) is 0. The summed E-state index contributed by atoms with van der Waals surface area (Å²) in [5.74, 6) is 1.86. The van der Waals surface area contributed by atoms with Crippen LogP contribution < -0.4 is 9.47 Å². The quantitative estimate of drug-likeness (QED) is 0.414. The predicted octanol–water partition coefficient (Wildman–Crippen LogP) is 6.46. The van der Waals surface area contributed by atoms with Crippen molar-refractivity contribution < 1.29 is 9.47 Å². The van der Waals surface area contributed by atoms with Crippen molar-refractivity contribution in [2.45, 2.75) is 13.8 Å². The second-order valence-electron chi connectivity index (χ2n) is 6.18. The zero-order chi connectivity index (χ0) is 17.9. The van der Waals surface area contributed by atoms with E-state index in [-0.39, 0.29) is 0 Å². The van der Waals surface area contributed by atoms with Crippen molar-refractivity contribution in [3.63, 3.8) is 0 Å². The van der Waals surface area contributed by atoms with E-state index in [1.165, 1.54) is 21.9 Å². The lowest BCUT2D eigenvalue weighted by Crippen LogP contribution is -1.95. The number of hydrogen-bond donors (Lipinski definition) is 0. The smallest absolute Gasteiger partial charge is 0.127 e. The molecule has 4 aromatic rings. The Hall–Kier alpha value is -3.00. The van der Waals surface area contributed by atoms with Crippen molar-refractivity contribution in [2.24, 2.45) is 0 Å². The summed E-state index contributed by atoms with van der Waals surface area (Å²) >= 11 is 0. The van der Waals surface area contributed by atoms with Gasteiger partial charge in [-0.1, -0.05) is 60.7 Å². The van der Waals surface area contributed by atoms with Crippen LogP contribution in [0.15, 0.2) is 72.8 Å². The van der Waals surface area contributed by atoms with Crippen LogP contribution in [0.25, 0.3) is 32.7 Å². The van der Waals surface area contributed by atoms with Crippen LogP contribution in [-0.4, -0.2) is 13.2 Å². The van der Waals surface area contributed by atoms with Crippen LogP contribution in [0.1, 0.15) is 13.8 Å². The minimum atomic E-state index is 0.662. The Morgan fingerprint density at radius 2 is 0.885 bits per heavy atom. The van der Waals surface area contributed by atoms with Crippen molar-refractivity contribution in [1.82, 2.24) is 0 Å². The van der Waals surface area contributed by atoms with E-state index in [4.69, 9.17) is 9.47 Å². The summed E-state index contributed by atoms with van der Waals surface area (Å²) in [5.41, 5.74) is 2.42. The van der Waals surface area contributed by atoms with E-state index in [1.54, 1.807) is 0 Å². The van der Waals surface area contributed by atoms with E-state index in [2.05, 4.69) is 72.8 Å². The zero-order valence-corrected chi connectivity index (χ0v) is 15.2. The Morgan fingerprint density at radius 1 is 0.500 bits per heavy atom. The van der Waals surface area contributed by atoms with Crippen LogP contribution in [0.2, 0.25) is 0 Å². The molecule has 0 aromatic heterocycles. The SMILES string of the molecule is CCOc1ccc(-c2ccc(OCC)c3ccccc23)c2ccccc12. The third kappa shape index (κ3) is 2.78. The van der Waals surface area contributed by atoms with Gasteiger partial charge in [0.05, 0.1) is 13.2 Å². The summed E-state index contributed by atoms with van der Waals surface area (Å²) < 4.78 is 11.7. The molecule has 0 radical (unpaired) electrons. The second-order valence-corrected chi connectivity index (χ2v) is 6.18. The maximum absolute atomic E-state index is 5.83. The summed E-state index contributed by atoms with van der Waals surface area (Å²) in [6.07, 6.45) is 0. The predicted molar refractivity (Wildman–Crippen MR) is 109 cm³/mol. The molecule has 0 fully saturated rings. The number of benzene rings is 4. The highest BCUT2D eigenvalue weighted by atomic mass is 16.5. The molecule has 0 N–H and O–H groups in total. The van der Waals surface area contributed by atoms with Gasteiger partial charge >= 0.3 is 0 Å². The van der Waals surface area contributed by atoms with Gasteiger partial charge in [0.25, 0.3) is 0 Å². The minimum Gasteiger partial charge on any atom is -0.493 e. The summed E-state index contributed by atoms with van der Waals surface area (Å²) in [6.45, 7) is 5.36. The monoisotopic (exact) mass is 342 g/mol. The highest BCUT2D eigenvalue weighted by Gasteiger charge is 2.12. The van der Waals surface area contributed by atoms with Crippen LogP contribution in [0.3, 0.4) is 0 Å². The van der Waals surface area contributed by atoms with E-state index in [9.17, 15) is 0 Å². The van der Waals surface area contributed by atoms with Gasteiger partial charge in [-0.05, 0) is 47.9 Å². The molecule has 130 valence electrons. The Balaban J connectivity index is 2.00. The van der Waals surface area contributed by atoms with Gasteiger partial charge in [0.15, 0.2) is 0 Å². The molecule has 4 aromatic carbocycles. The highest BCUT2D eigenvalue weighted by Crippen LogP contribution is 2.39. The van der Waals surface area contributed by atoms with E-state index < -0.39 is 0 Å². The molecule has 0 bridgehead atoms. The van der Waals surface area contributed by atoms with Gasteiger partial charge in [-0.2, -0.15) is 0 Å². The average Bonchev–Trinajstić information content (AvgIpc) is 2.69. The van der Waals surface area contributed by atoms with Gasteiger partial charge in [0, 0.05) is 10.8 Å². The van der Waals surface area contributed by atoms with Gasteiger partial charge in [0.1, 0.15) is 11.5 Å². The first-order valence-corrected chi connectivity index (χ1v) is 9.13. The molecule has 4 rings (SSSR count). The lowest BCUT2D eigenvalue weighted by Gasteiger charge is -2.15. The molecular formula is C24H22O2. The maximum atomic E-state index is 5.83. The van der Waals surface area contributed by atoms with E-state index >= 15 is 0 Å². The molecule has 0 saturated heterocycles. The van der Waals surface area contributed by atoms with Crippen molar-refractivity contribution >= 4 is 21.5 Å². The molecule has 0 aliphatic carbocycles. The van der Waals surface area contributed by atoms with E-state index in [0.717, 1.165) is 22.3 Å². The summed E-state index contributed by atoms with van der Waals surface area (Å²) in [6, 6.07) is 25.3. The molecule has 2 heteroatoms. The van der Waals surface area contributed by atoms with Crippen molar-refractivity contribution in [3.05, 3.63) is 72.8 Å². The first kappa shape index (κ1) is 16.5. The van der Waals surface area contributed by atoms with Crippen LogP contribution in [0.4, 0.5) is 0 Å². The van der Waals surface area contributed by atoms with Crippen molar-refractivity contribution in [1.29, 1.82) is 0 Å². The molecule has 0 aliphatic rings. The molecule has 26 heavy (non-hydrogen) atoms. The topological polar surface area (TPSA) is 18.5 Å². The summed E-state index contributed by atoms with van der Waals surface area (Å²) in [5, 5.41) is 4.69. The number of rotatable bonds is 5. The number of ether oxygens (including phenoxy) is 2. The fourth-order valence-electron chi connectivity index (χ4n) is 3.58. The third-order valence-electron chi connectivity index (χ3n) is 4.66. The molecule has 0 heterocycles. The third-order valence-corrected chi connectivity index (χ3v) is 4.66. The Labute approximate surface area is 154 Å². The first-order valence-electron chi connectivity index (χ1n) is 9.13. The Kier molecular flexibility index (Phi) is 4.49. The molecule has 2 nitrogen and oxygen atoms in total. The Morgan fingerprint density at radius 3 is 1.27 bits per heavy atom. The fourth-order valence-corrected chi connectivity index (χ4v) is 3.58. The molecule has 0 unspecified atom stereocenters. The van der Waals surface area contributed by atoms with Crippen molar-refractivity contribution in [2.75, 3.05) is 13.2 Å². The van der Waals surface area contributed by atoms with Crippen LogP contribution in [0, 0.1) is 0 Å². The van der Waals surface area contributed by atoms with E-state index in [1.807, 2.05) is 13.8 Å². The zero-order valence-electron chi connectivity index (χ0n) is 15.2. The van der Waals surface area contributed by atoms with Gasteiger partial charge in [-0.25, -0.2) is 0 Å². The molecule has 0 aliphatic heterocycles. The molecular weight excluding hydrogens is 320 g/mol. The van der Waals surface area contributed by atoms with Crippen molar-refractivity contribution in [3.8, 4) is 22.6 Å². The average molecular weight is 342 g/mol. The number of hydrogen-bond acceptors (Lipinski definition) is 2. The van der Waals surface area contributed by atoms with Crippen LogP contribution >= 0.6 is 0 Å². The lowest BCUT2D eigenvalue weighted by atomic mass is 9.93. The summed E-state index contributed by atoms with van der Waals surface area (Å²) in [7, 11) is 0. The molecule has 0 atom stereocenters. The molecule has 0 amide bonds. The first-order chi connectivity index (χ1) is 12.8. The standard InChI is InChI=1S/C24H22O2/c1-3-25-23-15-13-19(17-9-5-7-11-21(17)23)20-14-16-24(26-4-2)22-12-8-6-10-18(20)22/h5-16H,3-4H2,1-2H3. The van der Waals surface area contributed by atoms with E-state index in [0.29, 0.717) is 13.2 Å². The van der Waals surface area contributed by atoms with Gasteiger partial charge in [-0.15, -0.1) is 0 Å². The van der Waals surface area contributed by atoms with Gasteiger partial charge in [0.2, 0.25) is 0 Å². The van der Waals surface area contributed by atoms with Crippen LogP contribution in [-0.2, 0) is 0 Å². The normalized spacial score (nSPS) is 11.0. The lowest BCUT2D eigenvalue weighted by molar-refractivity contribution is 0.344.